The maximum atomic E-state index is 11.7. The molecule has 1 aliphatic carbocycles. The molecule has 7 heteroatoms. The number of aromatic nitrogens is 1. The summed E-state index contributed by atoms with van der Waals surface area (Å²) in [5.74, 6) is 0. The molecule has 0 radical (unpaired) electrons. The van der Waals surface area contributed by atoms with Crippen LogP contribution in [-0.4, -0.2) is 19.4 Å². The van der Waals surface area contributed by atoms with E-state index in [0.29, 0.717) is 5.69 Å². The van der Waals surface area contributed by atoms with Crippen LogP contribution < -0.4 is 9.60 Å². The second kappa shape index (κ2) is 3.18. The first-order valence-corrected chi connectivity index (χ1v) is 6.51. The van der Waals surface area contributed by atoms with Gasteiger partial charge in [0.25, 0.3) is 10.0 Å². The van der Waals surface area contributed by atoms with E-state index >= 15 is 0 Å². The first kappa shape index (κ1) is 9.88. The molecule has 1 aliphatic rings. The topological polar surface area (TPSA) is 79.0 Å². The van der Waals surface area contributed by atoms with Crippen LogP contribution in [0.1, 0.15) is 18.5 Å². The molecular weight excluding hydrogens is 224 g/mol. The van der Waals surface area contributed by atoms with Crippen LogP contribution in [0, 0.1) is 6.92 Å². The van der Waals surface area contributed by atoms with Gasteiger partial charge in [-0.2, -0.15) is 0 Å². The number of thiazole rings is 1. The summed E-state index contributed by atoms with van der Waals surface area (Å²) in [5, 5.41) is 0. The number of sulfonamides is 1. The number of H-pyrrole nitrogens is 1. The van der Waals surface area contributed by atoms with Crippen molar-refractivity contribution in [2.75, 3.05) is 0 Å². The maximum Gasteiger partial charge on any atom is 0.305 e. The third-order valence-corrected chi connectivity index (χ3v) is 5.05. The third-order valence-electron chi connectivity index (χ3n) is 1.92. The Morgan fingerprint density at radius 1 is 1.50 bits per heavy atom. The molecule has 1 aromatic rings. The third kappa shape index (κ3) is 1.89. The van der Waals surface area contributed by atoms with Gasteiger partial charge in [0.05, 0.1) is 0 Å². The highest BCUT2D eigenvalue weighted by Gasteiger charge is 2.30. The number of hydrogen-bond acceptors (Lipinski definition) is 4. The molecule has 2 N–H and O–H groups in total. The number of nitrogens with one attached hydrogen (secondary N) is 2. The SMILES string of the molecule is Cc1[nH]c(=O)sc1S(=O)(=O)NC1CC1. The van der Waals surface area contributed by atoms with Crippen LogP contribution in [0.3, 0.4) is 0 Å². The van der Waals surface area contributed by atoms with Gasteiger partial charge in [-0.1, -0.05) is 11.3 Å². The second-order valence-corrected chi connectivity index (χ2v) is 6.21. The highest BCUT2D eigenvalue weighted by Crippen LogP contribution is 2.23. The maximum absolute atomic E-state index is 11.7. The van der Waals surface area contributed by atoms with Gasteiger partial charge in [-0.15, -0.1) is 0 Å². The normalized spacial score (nSPS) is 17.2. The number of hydrogen-bond donors (Lipinski definition) is 2. The fourth-order valence-electron chi connectivity index (χ4n) is 1.12. The van der Waals surface area contributed by atoms with Crippen molar-refractivity contribution in [3.05, 3.63) is 15.4 Å². The van der Waals surface area contributed by atoms with Gasteiger partial charge in [-0.05, 0) is 19.8 Å². The van der Waals surface area contributed by atoms with E-state index in [1.807, 2.05) is 0 Å². The van der Waals surface area contributed by atoms with Crippen molar-refractivity contribution >= 4 is 21.4 Å². The predicted molar refractivity (Wildman–Crippen MR) is 53.0 cm³/mol. The summed E-state index contributed by atoms with van der Waals surface area (Å²) in [5.41, 5.74) is 0.410. The monoisotopic (exact) mass is 234 g/mol. The van der Waals surface area contributed by atoms with Crippen molar-refractivity contribution in [1.82, 2.24) is 9.71 Å². The van der Waals surface area contributed by atoms with E-state index in [1.54, 1.807) is 6.92 Å². The van der Waals surface area contributed by atoms with Crippen LogP contribution in [0.5, 0.6) is 0 Å². The molecule has 78 valence electrons. The van der Waals surface area contributed by atoms with E-state index in [2.05, 4.69) is 9.71 Å². The molecule has 5 nitrogen and oxygen atoms in total. The Balaban J connectivity index is 2.37. The van der Waals surface area contributed by atoms with Gasteiger partial charge < -0.3 is 4.98 Å². The lowest BCUT2D eigenvalue weighted by molar-refractivity contribution is 0.582. The summed E-state index contributed by atoms with van der Waals surface area (Å²) in [6, 6.07) is 0.0663. The lowest BCUT2D eigenvalue weighted by atomic mass is 10.6. The van der Waals surface area contributed by atoms with Gasteiger partial charge in [-0.3, -0.25) is 4.79 Å². The van der Waals surface area contributed by atoms with Crippen LogP contribution in [0.4, 0.5) is 0 Å². The molecule has 1 saturated carbocycles. The standard InChI is InChI=1S/C7H10N2O3S2/c1-4-6(13-7(10)8-4)14(11,12)9-5-2-3-5/h5,9H,2-3H2,1H3,(H,8,10). The highest BCUT2D eigenvalue weighted by molar-refractivity contribution is 7.91. The molecule has 0 spiro atoms. The average Bonchev–Trinajstić information content (AvgIpc) is 2.76. The smallest absolute Gasteiger partial charge is 0.305 e. The summed E-state index contributed by atoms with van der Waals surface area (Å²) in [7, 11) is -3.47. The zero-order valence-electron chi connectivity index (χ0n) is 7.53. The van der Waals surface area contributed by atoms with Crippen molar-refractivity contribution in [2.24, 2.45) is 0 Å². The average molecular weight is 234 g/mol. The van der Waals surface area contributed by atoms with Gasteiger partial charge in [0, 0.05) is 11.7 Å². The van der Waals surface area contributed by atoms with Gasteiger partial charge >= 0.3 is 4.87 Å². The predicted octanol–water partition coefficient (Wildman–Crippen LogP) is 0.186. The Bertz CT molecular complexity index is 495. The van der Waals surface area contributed by atoms with Crippen molar-refractivity contribution in [2.45, 2.75) is 30.0 Å². The highest BCUT2D eigenvalue weighted by atomic mass is 32.2. The van der Waals surface area contributed by atoms with Crippen LogP contribution in [0.25, 0.3) is 0 Å². The van der Waals surface area contributed by atoms with Crippen molar-refractivity contribution in [3.8, 4) is 0 Å². The Morgan fingerprint density at radius 3 is 2.57 bits per heavy atom. The summed E-state index contributed by atoms with van der Waals surface area (Å²) in [4.78, 5) is 13.0. The zero-order chi connectivity index (χ0) is 10.3. The summed E-state index contributed by atoms with van der Waals surface area (Å²) in [6.07, 6.45) is 1.77. The van der Waals surface area contributed by atoms with Crippen LogP contribution in [0.2, 0.25) is 0 Å². The van der Waals surface area contributed by atoms with Gasteiger partial charge in [-0.25, -0.2) is 13.1 Å². The van der Waals surface area contributed by atoms with Gasteiger partial charge in [0.1, 0.15) is 0 Å². The summed E-state index contributed by atoms with van der Waals surface area (Å²) in [6.45, 7) is 1.58. The van der Waals surface area contributed by atoms with Crippen molar-refractivity contribution in [3.63, 3.8) is 0 Å². The molecule has 1 fully saturated rings. The molecule has 2 rings (SSSR count). The second-order valence-electron chi connectivity index (χ2n) is 3.32. The van der Waals surface area contributed by atoms with Crippen molar-refractivity contribution < 1.29 is 8.42 Å². The van der Waals surface area contributed by atoms with Crippen LogP contribution in [0.15, 0.2) is 9.00 Å². The Morgan fingerprint density at radius 2 is 2.14 bits per heavy atom. The van der Waals surface area contributed by atoms with E-state index in [4.69, 9.17) is 0 Å². The lowest BCUT2D eigenvalue weighted by Gasteiger charge is -2.02. The molecule has 0 atom stereocenters. The molecule has 0 aliphatic heterocycles. The number of aromatic amines is 1. The van der Waals surface area contributed by atoms with E-state index < -0.39 is 10.0 Å². The Kier molecular flexibility index (Phi) is 2.24. The zero-order valence-corrected chi connectivity index (χ0v) is 9.17. The van der Waals surface area contributed by atoms with Crippen LogP contribution in [-0.2, 0) is 10.0 Å². The first-order chi connectivity index (χ1) is 6.49. The number of rotatable bonds is 3. The minimum atomic E-state index is -3.47. The minimum Gasteiger partial charge on any atom is -0.315 e. The molecular formula is C7H10N2O3S2. The summed E-state index contributed by atoms with van der Waals surface area (Å²) >= 11 is 0.729. The molecule has 0 bridgehead atoms. The molecule has 1 aromatic heterocycles. The molecule has 0 amide bonds. The molecule has 14 heavy (non-hydrogen) atoms. The van der Waals surface area contributed by atoms with Crippen LogP contribution >= 0.6 is 11.3 Å². The Hall–Kier alpha value is -0.660. The summed E-state index contributed by atoms with van der Waals surface area (Å²) < 4.78 is 25.9. The van der Waals surface area contributed by atoms with Gasteiger partial charge in [0.15, 0.2) is 4.21 Å². The lowest BCUT2D eigenvalue weighted by Crippen LogP contribution is -2.25. The fraction of sp³-hybridized carbons (Fsp3) is 0.571. The first-order valence-electron chi connectivity index (χ1n) is 4.21. The van der Waals surface area contributed by atoms with E-state index in [9.17, 15) is 13.2 Å². The molecule has 0 aromatic carbocycles. The molecule has 0 unspecified atom stereocenters. The Labute approximate surface area is 85.2 Å². The fourth-order valence-corrected chi connectivity index (χ4v) is 3.74. The van der Waals surface area contributed by atoms with E-state index in [0.717, 1.165) is 24.2 Å². The van der Waals surface area contributed by atoms with Gasteiger partial charge in [0.2, 0.25) is 0 Å². The van der Waals surface area contributed by atoms with E-state index in [1.165, 1.54) is 0 Å². The minimum absolute atomic E-state index is 0.0663. The number of aryl methyl sites for hydroxylation is 1. The van der Waals surface area contributed by atoms with Crippen molar-refractivity contribution in [1.29, 1.82) is 0 Å². The largest absolute Gasteiger partial charge is 0.315 e. The molecule has 1 heterocycles. The quantitative estimate of drug-likeness (QED) is 0.783. The van der Waals surface area contributed by atoms with E-state index in [-0.39, 0.29) is 15.1 Å². The molecule has 0 saturated heterocycles.